The van der Waals surface area contributed by atoms with Crippen molar-refractivity contribution in [2.75, 3.05) is 7.05 Å². The molecule has 0 saturated carbocycles. The highest BCUT2D eigenvalue weighted by molar-refractivity contribution is 6.35. The van der Waals surface area contributed by atoms with Gasteiger partial charge in [0, 0.05) is 13.6 Å². The number of amides is 2. The number of hydrogen-bond acceptors (Lipinski definition) is 3. The first-order valence-electron chi connectivity index (χ1n) is 10.8. The van der Waals surface area contributed by atoms with Crippen LogP contribution in [0.15, 0.2) is 78.5 Å². The van der Waals surface area contributed by atoms with Crippen molar-refractivity contribution in [1.29, 1.82) is 0 Å². The Kier molecular flexibility index (Phi) is 5.95. The van der Waals surface area contributed by atoms with Crippen molar-refractivity contribution in [2.24, 2.45) is 0 Å². The average Bonchev–Trinajstić information content (AvgIpc) is 3.01. The molecule has 4 nitrogen and oxygen atoms in total. The summed E-state index contributed by atoms with van der Waals surface area (Å²) in [7, 11) is 1.88. The van der Waals surface area contributed by atoms with E-state index < -0.39 is 0 Å². The fraction of sp³-hybridized carbons (Fsp3) is 0.214. The van der Waals surface area contributed by atoms with Crippen LogP contribution in [0.5, 0.6) is 0 Å². The van der Waals surface area contributed by atoms with Crippen molar-refractivity contribution in [3.63, 3.8) is 0 Å². The SMILES string of the molecule is Cc1ccc(CN2C(=O)C(c3ccc(C)cc3C)=C(N(C)Cc3ccccc3)C2=O)cc1. The van der Waals surface area contributed by atoms with Crippen LogP contribution in [-0.4, -0.2) is 28.7 Å². The minimum absolute atomic E-state index is 0.238. The molecule has 0 N–H and O–H groups in total. The van der Waals surface area contributed by atoms with Gasteiger partial charge in [0.2, 0.25) is 0 Å². The summed E-state index contributed by atoms with van der Waals surface area (Å²) in [5, 5.41) is 0. The normalized spacial score (nSPS) is 13.8. The molecule has 0 saturated heterocycles. The van der Waals surface area contributed by atoms with Crippen molar-refractivity contribution in [1.82, 2.24) is 9.80 Å². The molecule has 0 spiro atoms. The topological polar surface area (TPSA) is 40.6 Å². The average molecular weight is 425 g/mol. The molecule has 0 atom stereocenters. The molecule has 0 radical (unpaired) electrons. The molecule has 2 amide bonds. The largest absolute Gasteiger partial charge is 0.365 e. The third kappa shape index (κ3) is 4.22. The van der Waals surface area contributed by atoms with E-state index in [1.807, 2.05) is 99.4 Å². The highest BCUT2D eigenvalue weighted by atomic mass is 16.2. The number of nitrogens with zero attached hydrogens (tertiary/aromatic N) is 2. The zero-order valence-corrected chi connectivity index (χ0v) is 19.1. The molecular weight excluding hydrogens is 396 g/mol. The van der Waals surface area contributed by atoms with Crippen molar-refractivity contribution >= 4 is 17.4 Å². The first-order chi connectivity index (χ1) is 15.3. The lowest BCUT2D eigenvalue weighted by Crippen LogP contribution is -2.33. The molecule has 3 aromatic rings. The van der Waals surface area contributed by atoms with Crippen LogP contribution < -0.4 is 0 Å². The highest BCUT2D eigenvalue weighted by Crippen LogP contribution is 2.34. The van der Waals surface area contributed by atoms with Crippen molar-refractivity contribution in [2.45, 2.75) is 33.9 Å². The third-order valence-electron chi connectivity index (χ3n) is 5.90. The maximum Gasteiger partial charge on any atom is 0.278 e. The fourth-order valence-corrected chi connectivity index (χ4v) is 4.21. The summed E-state index contributed by atoms with van der Waals surface area (Å²) in [4.78, 5) is 30.5. The molecule has 4 heteroatoms. The summed E-state index contributed by atoms with van der Waals surface area (Å²) in [5.41, 5.74) is 7.03. The Bertz CT molecular complexity index is 1190. The molecule has 0 fully saturated rings. The predicted octanol–water partition coefficient (Wildman–Crippen LogP) is 5.02. The highest BCUT2D eigenvalue weighted by Gasteiger charge is 2.41. The maximum absolute atomic E-state index is 13.6. The third-order valence-corrected chi connectivity index (χ3v) is 5.90. The minimum atomic E-state index is -0.246. The van der Waals surface area contributed by atoms with Gasteiger partial charge in [-0.05, 0) is 43.0 Å². The molecule has 0 unspecified atom stereocenters. The van der Waals surface area contributed by atoms with Crippen molar-refractivity contribution in [3.05, 3.63) is 112 Å². The van der Waals surface area contributed by atoms with Crippen molar-refractivity contribution in [3.8, 4) is 0 Å². The van der Waals surface area contributed by atoms with Gasteiger partial charge in [-0.1, -0.05) is 83.9 Å². The van der Waals surface area contributed by atoms with Crippen LogP contribution in [0.2, 0.25) is 0 Å². The van der Waals surface area contributed by atoms with Crippen LogP contribution in [0.1, 0.15) is 33.4 Å². The maximum atomic E-state index is 13.6. The van der Waals surface area contributed by atoms with Crippen LogP contribution >= 0.6 is 0 Å². The standard InChI is InChI=1S/C28H28N2O2/c1-19-10-13-23(14-11-19)18-30-27(31)25(24-15-12-20(2)16-21(24)3)26(28(30)32)29(4)17-22-8-6-5-7-9-22/h5-16H,17-18H2,1-4H3. The van der Waals surface area contributed by atoms with Crippen LogP contribution in [0, 0.1) is 20.8 Å². The Morgan fingerprint density at radius 3 is 2.06 bits per heavy atom. The summed E-state index contributed by atoms with van der Waals surface area (Å²) >= 11 is 0. The summed E-state index contributed by atoms with van der Waals surface area (Å²) in [6.07, 6.45) is 0. The van der Waals surface area contributed by atoms with Gasteiger partial charge < -0.3 is 4.90 Å². The van der Waals surface area contributed by atoms with Gasteiger partial charge in [0.15, 0.2) is 0 Å². The molecule has 32 heavy (non-hydrogen) atoms. The van der Waals surface area contributed by atoms with E-state index in [1.165, 1.54) is 4.90 Å². The Balaban J connectivity index is 1.75. The summed E-state index contributed by atoms with van der Waals surface area (Å²) in [6, 6.07) is 23.9. The lowest BCUT2D eigenvalue weighted by Gasteiger charge is -2.22. The van der Waals surface area contributed by atoms with Crippen LogP contribution in [-0.2, 0) is 22.7 Å². The van der Waals surface area contributed by atoms with E-state index in [1.54, 1.807) is 0 Å². The van der Waals surface area contributed by atoms with Crippen LogP contribution in [0.4, 0.5) is 0 Å². The molecule has 162 valence electrons. The lowest BCUT2D eigenvalue weighted by molar-refractivity contribution is -0.138. The van der Waals surface area contributed by atoms with E-state index >= 15 is 0 Å². The predicted molar refractivity (Wildman–Crippen MR) is 127 cm³/mol. The van der Waals surface area contributed by atoms with Gasteiger partial charge in [-0.3, -0.25) is 14.5 Å². The number of imide groups is 1. The molecule has 3 aromatic carbocycles. The van der Waals surface area contributed by atoms with Gasteiger partial charge in [-0.25, -0.2) is 0 Å². The molecule has 1 aliphatic heterocycles. The van der Waals surface area contributed by atoms with E-state index in [-0.39, 0.29) is 18.4 Å². The molecule has 1 aliphatic rings. The van der Waals surface area contributed by atoms with E-state index in [0.717, 1.165) is 33.4 Å². The second kappa shape index (κ2) is 8.83. The second-order valence-corrected chi connectivity index (χ2v) is 8.57. The molecular formula is C28H28N2O2. The lowest BCUT2D eigenvalue weighted by atomic mass is 9.97. The number of aryl methyl sites for hydroxylation is 3. The number of rotatable bonds is 6. The molecule has 0 aliphatic carbocycles. The first kappa shape index (κ1) is 21.6. The first-order valence-corrected chi connectivity index (χ1v) is 10.8. The van der Waals surface area contributed by atoms with Gasteiger partial charge in [0.25, 0.3) is 11.8 Å². The zero-order valence-electron chi connectivity index (χ0n) is 19.1. The number of hydrogen-bond donors (Lipinski definition) is 0. The molecule has 4 rings (SSSR count). The van der Waals surface area contributed by atoms with Crippen molar-refractivity contribution < 1.29 is 9.59 Å². The van der Waals surface area contributed by atoms with Crippen LogP contribution in [0.25, 0.3) is 5.57 Å². The summed E-state index contributed by atoms with van der Waals surface area (Å²) < 4.78 is 0. The van der Waals surface area contributed by atoms with Gasteiger partial charge in [-0.15, -0.1) is 0 Å². The number of carbonyl (C=O) groups is 2. The summed E-state index contributed by atoms with van der Waals surface area (Å²) in [6.45, 7) is 6.84. The Morgan fingerprint density at radius 2 is 1.41 bits per heavy atom. The Hall–Kier alpha value is -3.66. The Labute approximate surface area is 189 Å². The van der Waals surface area contributed by atoms with Gasteiger partial charge in [0.05, 0.1) is 12.1 Å². The second-order valence-electron chi connectivity index (χ2n) is 8.57. The molecule has 1 heterocycles. The smallest absolute Gasteiger partial charge is 0.278 e. The quantitative estimate of drug-likeness (QED) is 0.522. The number of likely N-dealkylation sites (N-methyl/N-ethyl adjacent to an activating group) is 1. The molecule has 0 aromatic heterocycles. The molecule has 0 bridgehead atoms. The van der Waals surface area contributed by atoms with Gasteiger partial charge in [0.1, 0.15) is 5.70 Å². The van der Waals surface area contributed by atoms with E-state index in [0.29, 0.717) is 17.8 Å². The zero-order chi connectivity index (χ0) is 22.8. The van der Waals surface area contributed by atoms with Crippen LogP contribution in [0.3, 0.4) is 0 Å². The number of carbonyl (C=O) groups excluding carboxylic acids is 2. The van der Waals surface area contributed by atoms with E-state index in [2.05, 4.69) is 6.07 Å². The summed E-state index contributed by atoms with van der Waals surface area (Å²) in [5.74, 6) is -0.485. The van der Waals surface area contributed by atoms with Gasteiger partial charge >= 0.3 is 0 Å². The van der Waals surface area contributed by atoms with Gasteiger partial charge in [-0.2, -0.15) is 0 Å². The fourth-order valence-electron chi connectivity index (χ4n) is 4.21. The number of benzene rings is 3. The minimum Gasteiger partial charge on any atom is -0.365 e. The van der Waals surface area contributed by atoms with E-state index in [9.17, 15) is 9.59 Å². The Morgan fingerprint density at radius 1 is 0.750 bits per heavy atom. The monoisotopic (exact) mass is 424 g/mol. The van der Waals surface area contributed by atoms with E-state index in [4.69, 9.17) is 0 Å².